The molecule has 118 valence electrons. The van der Waals surface area contributed by atoms with E-state index >= 15 is 0 Å². The van der Waals surface area contributed by atoms with Crippen LogP contribution in [-0.2, 0) is 7.05 Å². The molecule has 1 N–H and O–H groups in total. The van der Waals surface area contributed by atoms with Gasteiger partial charge >= 0.3 is 0 Å². The summed E-state index contributed by atoms with van der Waals surface area (Å²) < 4.78 is 2.13. The van der Waals surface area contributed by atoms with Crippen molar-refractivity contribution in [1.29, 1.82) is 0 Å². The van der Waals surface area contributed by atoms with Gasteiger partial charge in [-0.25, -0.2) is 4.98 Å². The van der Waals surface area contributed by atoms with Gasteiger partial charge in [0.15, 0.2) is 0 Å². The van der Waals surface area contributed by atoms with Crippen LogP contribution < -0.4 is 5.32 Å². The highest BCUT2D eigenvalue weighted by Crippen LogP contribution is 2.29. The molecule has 1 amide bonds. The lowest BCUT2D eigenvalue weighted by atomic mass is 10.2. The molecule has 0 saturated heterocycles. The Balaban J connectivity index is 1.61. The van der Waals surface area contributed by atoms with Crippen molar-refractivity contribution >= 4 is 28.1 Å². The van der Waals surface area contributed by atoms with Crippen LogP contribution in [0.15, 0.2) is 35.7 Å². The van der Waals surface area contributed by atoms with Crippen molar-refractivity contribution in [2.45, 2.75) is 31.7 Å². The highest BCUT2D eigenvalue weighted by Gasteiger charge is 2.20. The van der Waals surface area contributed by atoms with Crippen LogP contribution in [0.4, 0.5) is 0 Å². The Morgan fingerprint density at radius 3 is 2.87 bits per heavy atom. The second-order valence-electron chi connectivity index (χ2n) is 6.14. The number of aryl methyl sites for hydroxylation is 1. The summed E-state index contributed by atoms with van der Waals surface area (Å²) in [5.74, 6) is -0.0434. The number of aromatic nitrogens is 2. The third-order valence-corrected chi connectivity index (χ3v) is 5.46. The lowest BCUT2D eigenvalue weighted by molar-refractivity contribution is 0.0933. The van der Waals surface area contributed by atoms with Crippen molar-refractivity contribution < 1.29 is 4.79 Å². The van der Waals surface area contributed by atoms with Crippen molar-refractivity contribution in [2.24, 2.45) is 7.05 Å². The predicted molar refractivity (Wildman–Crippen MR) is 93.7 cm³/mol. The lowest BCUT2D eigenvalue weighted by Gasteiger charge is -2.09. The Morgan fingerprint density at radius 2 is 2.09 bits per heavy atom. The molecule has 2 aromatic heterocycles. The van der Waals surface area contributed by atoms with E-state index in [1.807, 2.05) is 24.6 Å². The van der Waals surface area contributed by atoms with Crippen LogP contribution in [0, 0.1) is 0 Å². The lowest BCUT2D eigenvalue weighted by Crippen LogP contribution is -2.32. The summed E-state index contributed by atoms with van der Waals surface area (Å²) in [5.41, 5.74) is 2.76. The minimum Gasteiger partial charge on any atom is -0.348 e. The van der Waals surface area contributed by atoms with Crippen LogP contribution in [0.1, 0.15) is 36.2 Å². The van der Waals surface area contributed by atoms with Gasteiger partial charge < -0.3 is 9.88 Å². The summed E-state index contributed by atoms with van der Waals surface area (Å²) >= 11 is 1.53. The van der Waals surface area contributed by atoms with Gasteiger partial charge in [-0.3, -0.25) is 4.79 Å². The smallest absolute Gasteiger partial charge is 0.270 e. The Morgan fingerprint density at radius 1 is 1.30 bits per heavy atom. The number of amides is 1. The molecule has 0 aliphatic heterocycles. The first-order valence-corrected chi connectivity index (χ1v) is 8.91. The Kier molecular flexibility index (Phi) is 3.65. The SMILES string of the molecule is Cn1c(-c2nc(C(=O)NC3CCCC3)cs2)cc2ccccc21. The zero-order valence-electron chi connectivity index (χ0n) is 13.1. The first-order chi connectivity index (χ1) is 11.2. The number of hydrogen-bond acceptors (Lipinski definition) is 3. The van der Waals surface area contributed by atoms with E-state index in [0.29, 0.717) is 11.7 Å². The van der Waals surface area contributed by atoms with E-state index in [4.69, 9.17) is 0 Å². The number of fused-ring (bicyclic) bond motifs is 1. The number of carbonyl (C=O) groups is 1. The zero-order valence-corrected chi connectivity index (χ0v) is 13.9. The van der Waals surface area contributed by atoms with Crippen LogP contribution in [0.5, 0.6) is 0 Å². The second kappa shape index (κ2) is 5.81. The van der Waals surface area contributed by atoms with Crippen LogP contribution in [0.25, 0.3) is 21.6 Å². The molecule has 5 heteroatoms. The van der Waals surface area contributed by atoms with Crippen molar-refractivity contribution in [2.75, 3.05) is 0 Å². The molecule has 23 heavy (non-hydrogen) atoms. The van der Waals surface area contributed by atoms with Crippen LogP contribution in [0.3, 0.4) is 0 Å². The van der Waals surface area contributed by atoms with Crippen LogP contribution in [0.2, 0.25) is 0 Å². The molecule has 1 aromatic carbocycles. The molecule has 1 saturated carbocycles. The van der Waals surface area contributed by atoms with Gasteiger partial charge in [-0.1, -0.05) is 31.0 Å². The Bertz CT molecular complexity index is 858. The monoisotopic (exact) mass is 325 g/mol. The first kappa shape index (κ1) is 14.5. The number of rotatable bonds is 3. The summed E-state index contributed by atoms with van der Waals surface area (Å²) in [5, 5.41) is 7.04. The van der Waals surface area contributed by atoms with Gasteiger partial charge in [0, 0.05) is 29.4 Å². The number of nitrogens with zero attached hydrogens (tertiary/aromatic N) is 2. The predicted octanol–water partition coefficient (Wildman–Crippen LogP) is 3.97. The van der Waals surface area contributed by atoms with Gasteiger partial charge in [0.2, 0.25) is 0 Å². The van der Waals surface area contributed by atoms with Gasteiger partial charge in [0.1, 0.15) is 10.7 Å². The highest BCUT2D eigenvalue weighted by molar-refractivity contribution is 7.13. The largest absolute Gasteiger partial charge is 0.348 e. The van der Waals surface area contributed by atoms with Gasteiger partial charge in [0.25, 0.3) is 5.91 Å². The van der Waals surface area contributed by atoms with Crippen molar-refractivity contribution in [1.82, 2.24) is 14.9 Å². The fourth-order valence-corrected chi connectivity index (χ4v) is 4.17. The topological polar surface area (TPSA) is 46.9 Å². The van der Waals surface area contributed by atoms with Crippen molar-refractivity contribution in [3.8, 4) is 10.7 Å². The number of thiazole rings is 1. The molecule has 4 nitrogen and oxygen atoms in total. The number of nitrogens with one attached hydrogen (secondary N) is 1. The molecule has 3 aromatic rings. The summed E-state index contributed by atoms with van der Waals surface area (Å²) in [6.07, 6.45) is 4.60. The average Bonchev–Trinajstić information content (AvgIpc) is 3.28. The number of carbonyl (C=O) groups excluding carboxylic acids is 1. The van der Waals surface area contributed by atoms with E-state index in [2.05, 4.69) is 33.1 Å². The number of hydrogen-bond donors (Lipinski definition) is 1. The first-order valence-electron chi connectivity index (χ1n) is 8.03. The summed E-state index contributed by atoms with van der Waals surface area (Å²) in [6.45, 7) is 0. The molecule has 0 atom stereocenters. The van der Waals surface area contributed by atoms with Gasteiger partial charge in [0.05, 0.1) is 5.69 Å². The highest BCUT2D eigenvalue weighted by atomic mass is 32.1. The van der Waals surface area contributed by atoms with E-state index in [0.717, 1.165) is 23.5 Å². The second-order valence-corrected chi connectivity index (χ2v) is 7.00. The molecular formula is C18H19N3OS. The summed E-state index contributed by atoms with van der Waals surface area (Å²) in [4.78, 5) is 16.9. The van der Waals surface area contributed by atoms with Gasteiger partial charge in [-0.2, -0.15) is 0 Å². The summed E-state index contributed by atoms with van der Waals surface area (Å²) in [6, 6.07) is 10.7. The molecule has 0 spiro atoms. The molecule has 2 heterocycles. The fraction of sp³-hybridized carbons (Fsp3) is 0.333. The Labute approximate surface area is 139 Å². The van der Waals surface area contributed by atoms with Crippen molar-refractivity contribution in [3.63, 3.8) is 0 Å². The third-order valence-electron chi connectivity index (χ3n) is 4.60. The maximum absolute atomic E-state index is 12.3. The van der Waals surface area contributed by atoms with E-state index in [1.165, 1.54) is 35.1 Å². The molecule has 4 rings (SSSR count). The molecule has 1 aliphatic carbocycles. The number of benzene rings is 1. The van der Waals surface area contributed by atoms with Crippen molar-refractivity contribution in [3.05, 3.63) is 41.4 Å². The molecule has 0 radical (unpaired) electrons. The van der Waals surface area contributed by atoms with E-state index in [1.54, 1.807) is 0 Å². The quantitative estimate of drug-likeness (QED) is 0.792. The molecule has 0 unspecified atom stereocenters. The van der Waals surface area contributed by atoms with Crippen LogP contribution in [-0.4, -0.2) is 21.5 Å². The normalized spacial score (nSPS) is 15.3. The fourth-order valence-electron chi connectivity index (χ4n) is 3.32. The van der Waals surface area contributed by atoms with Gasteiger partial charge in [-0.15, -0.1) is 11.3 Å². The van der Waals surface area contributed by atoms with E-state index in [-0.39, 0.29) is 5.91 Å². The standard InChI is InChI=1S/C18H19N3OS/c1-21-15-9-5-2-6-12(15)10-16(21)18-20-14(11-23-18)17(22)19-13-7-3-4-8-13/h2,5-6,9-11,13H,3-4,7-8H2,1H3,(H,19,22). The molecule has 1 aliphatic rings. The van der Waals surface area contributed by atoms with Gasteiger partial charge in [-0.05, 0) is 25.0 Å². The van der Waals surface area contributed by atoms with E-state index < -0.39 is 0 Å². The number of para-hydroxylation sites is 1. The third kappa shape index (κ3) is 2.65. The average molecular weight is 325 g/mol. The van der Waals surface area contributed by atoms with Crippen LogP contribution >= 0.6 is 11.3 Å². The maximum Gasteiger partial charge on any atom is 0.270 e. The summed E-state index contributed by atoms with van der Waals surface area (Å²) in [7, 11) is 2.04. The molecular weight excluding hydrogens is 306 g/mol. The molecule has 1 fully saturated rings. The van der Waals surface area contributed by atoms with E-state index in [9.17, 15) is 4.79 Å². The molecule has 0 bridgehead atoms. The minimum atomic E-state index is -0.0434. The zero-order chi connectivity index (χ0) is 15.8. The maximum atomic E-state index is 12.3. The minimum absolute atomic E-state index is 0.0434. The Hall–Kier alpha value is -2.14.